The summed E-state index contributed by atoms with van der Waals surface area (Å²) in [6.45, 7) is 5.12. The fourth-order valence-electron chi connectivity index (χ4n) is 4.78. The molecule has 2 aliphatic rings. The van der Waals surface area contributed by atoms with Gasteiger partial charge in [-0.1, -0.05) is 90.9 Å². The Kier molecular flexibility index (Phi) is 6.23. The molecule has 0 aliphatic heterocycles. The highest BCUT2D eigenvalue weighted by atomic mass is 14.3. The molecule has 2 rings (SSSR count). The molecule has 0 aromatic carbocycles. The van der Waals surface area contributed by atoms with Crippen molar-refractivity contribution in [1.29, 1.82) is 0 Å². The minimum atomic E-state index is 0.601. The highest BCUT2D eigenvalue weighted by Gasteiger charge is 2.27. The van der Waals surface area contributed by atoms with Crippen molar-refractivity contribution in [2.45, 2.75) is 104 Å². The van der Waals surface area contributed by atoms with Gasteiger partial charge in [-0.2, -0.15) is 0 Å². The van der Waals surface area contributed by atoms with E-state index in [4.69, 9.17) is 0 Å². The van der Waals surface area contributed by atoms with Crippen LogP contribution >= 0.6 is 0 Å². The van der Waals surface area contributed by atoms with E-state index < -0.39 is 0 Å². The number of rotatable bonds is 4. The van der Waals surface area contributed by atoms with Crippen LogP contribution in [0.3, 0.4) is 0 Å². The second kappa shape index (κ2) is 7.70. The SMILES string of the molecule is CC(C)(CC1CCCCCC1)CC1CCCCCC1. The van der Waals surface area contributed by atoms with Crippen molar-refractivity contribution in [3.63, 3.8) is 0 Å². The first kappa shape index (κ1) is 15.4. The second-order valence-corrected chi connectivity index (χ2v) is 8.29. The van der Waals surface area contributed by atoms with E-state index in [1.807, 2.05) is 0 Å². The summed E-state index contributed by atoms with van der Waals surface area (Å²) in [5, 5.41) is 0. The summed E-state index contributed by atoms with van der Waals surface area (Å²) in [4.78, 5) is 0. The number of hydrogen-bond donors (Lipinski definition) is 0. The van der Waals surface area contributed by atoms with E-state index in [0.717, 1.165) is 11.8 Å². The Morgan fingerprint density at radius 2 is 0.895 bits per heavy atom. The summed E-state index contributed by atoms with van der Waals surface area (Å²) in [6.07, 6.45) is 21.1. The molecule has 2 saturated carbocycles. The maximum atomic E-state index is 2.56. The highest BCUT2D eigenvalue weighted by molar-refractivity contribution is 4.79. The third kappa shape index (κ3) is 5.88. The third-order valence-corrected chi connectivity index (χ3v) is 5.63. The monoisotopic (exact) mass is 264 g/mol. The summed E-state index contributed by atoms with van der Waals surface area (Å²) >= 11 is 0. The first-order chi connectivity index (χ1) is 9.16. The standard InChI is InChI=1S/C19H36/c1-19(2,15-17-11-7-3-4-8-12-17)16-18-13-9-5-6-10-14-18/h17-18H,3-16H2,1-2H3. The molecular weight excluding hydrogens is 228 g/mol. The molecule has 0 nitrogen and oxygen atoms in total. The van der Waals surface area contributed by atoms with Crippen LogP contribution in [0.15, 0.2) is 0 Å². The van der Waals surface area contributed by atoms with Gasteiger partial charge in [-0.15, -0.1) is 0 Å². The average Bonchev–Trinajstić information content (AvgIpc) is 2.73. The van der Waals surface area contributed by atoms with Crippen molar-refractivity contribution in [2.24, 2.45) is 17.3 Å². The Morgan fingerprint density at radius 3 is 1.21 bits per heavy atom. The van der Waals surface area contributed by atoms with Gasteiger partial charge in [-0.05, 0) is 30.1 Å². The van der Waals surface area contributed by atoms with Crippen molar-refractivity contribution < 1.29 is 0 Å². The van der Waals surface area contributed by atoms with Crippen LogP contribution in [0.25, 0.3) is 0 Å². The fraction of sp³-hybridized carbons (Fsp3) is 1.00. The minimum absolute atomic E-state index is 0.601. The zero-order valence-electron chi connectivity index (χ0n) is 13.6. The quantitative estimate of drug-likeness (QED) is 0.494. The summed E-state index contributed by atoms with van der Waals surface area (Å²) in [5.41, 5.74) is 0.601. The van der Waals surface area contributed by atoms with E-state index >= 15 is 0 Å². The normalized spacial score (nSPS) is 24.9. The van der Waals surface area contributed by atoms with Gasteiger partial charge in [0.25, 0.3) is 0 Å². The lowest BCUT2D eigenvalue weighted by atomic mass is 9.73. The predicted octanol–water partition coefficient (Wildman–Crippen LogP) is 6.73. The molecule has 2 aliphatic carbocycles. The number of hydrogen-bond acceptors (Lipinski definition) is 0. The second-order valence-electron chi connectivity index (χ2n) is 8.29. The zero-order chi connectivity index (χ0) is 13.6. The van der Waals surface area contributed by atoms with Gasteiger partial charge in [0.15, 0.2) is 0 Å². The van der Waals surface area contributed by atoms with E-state index in [-0.39, 0.29) is 0 Å². The lowest BCUT2D eigenvalue weighted by Gasteiger charge is -2.33. The Morgan fingerprint density at radius 1 is 0.579 bits per heavy atom. The van der Waals surface area contributed by atoms with E-state index in [2.05, 4.69) is 13.8 Å². The van der Waals surface area contributed by atoms with Crippen LogP contribution in [0, 0.1) is 17.3 Å². The van der Waals surface area contributed by atoms with Gasteiger partial charge in [0.1, 0.15) is 0 Å². The molecule has 0 amide bonds. The van der Waals surface area contributed by atoms with Crippen LogP contribution < -0.4 is 0 Å². The van der Waals surface area contributed by atoms with Gasteiger partial charge < -0.3 is 0 Å². The topological polar surface area (TPSA) is 0 Å². The molecule has 0 aromatic rings. The van der Waals surface area contributed by atoms with Gasteiger partial charge >= 0.3 is 0 Å². The highest BCUT2D eigenvalue weighted by Crippen LogP contribution is 2.40. The van der Waals surface area contributed by atoms with E-state index in [1.165, 1.54) is 89.9 Å². The molecule has 0 saturated heterocycles. The zero-order valence-corrected chi connectivity index (χ0v) is 13.6. The Bertz CT molecular complexity index is 200. The maximum Gasteiger partial charge on any atom is -0.0349 e. The Hall–Kier alpha value is 0. The van der Waals surface area contributed by atoms with Crippen LogP contribution in [-0.2, 0) is 0 Å². The average molecular weight is 264 g/mol. The summed E-state index contributed by atoms with van der Waals surface area (Å²) < 4.78 is 0. The predicted molar refractivity (Wildman–Crippen MR) is 85.4 cm³/mol. The Balaban J connectivity index is 1.78. The summed E-state index contributed by atoms with van der Waals surface area (Å²) in [6, 6.07) is 0. The van der Waals surface area contributed by atoms with Crippen molar-refractivity contribution in [1.82, 2.24) is 0 Å². The molecule has 0 atom stereocenters. The van der Waals surface area contributed by atoms with Gasteiger partial charge in [0.2, 0.25) is 0 Å². The molecule has 0 unspecified atom stereocenters. The van der Waals surface area contributed by atoms with Crippen LogP contribution in [0.4, 0.5) is 0 Å². The van der Waals surface area contributed by atoms with Gasteiger partial charge in [0, 0.05) is 0 Å². The van der Waals surface area contributed by atoms with E-state index in [1.54, 1.807) is 0 Å². The molecular formula is C19H36. The molecule has 0 heteroatoms. The van der Waals surface area contributed by atoms with Crippen molar-refractivity contribution in [3.8, 4) is 0 Å². The maximum absolute atomic E-state index is 2.56. The molecule has 0 N–H and O–H groups in total. The largest absolute Gasteiger partial charge is 0.0599 e. The molecule has 19 heavy (non-hydrogen) atoms. The fourth-order valence-corrected chi connectivity index (χ4v) is 4.78. The molecule has 0 aromatic heterocycles. The van der Waals surface area contributed by atoms with Gasteiger partial charge in [-0.25, -0.2) is 0 Å². The van der Waals surface area contributed by atoms with Crippen LogP contribution in [0.5, 0.6) is 0 Å². The van der Waals surface area contributed by atoms with Crippen molar-refractivity contribution in [3.05, 3.63) is 0 Å². The van der Waals surface area contributed by atoms with Crippen LogP contribution in [-0.4, -0.2) is 0 Å². The van der Waals surface area contributed by atoms with E-state index in [0.29, 0.717) is 5.41 Å². The first-order valence-corrected chi connectivity index (χ1v) is 9.16. The Labute approximate surface area is 121 Å². The lowest BCUT2D eigenvalue weighted by Crippen LogP contribution is -2.21. The molecule has 112 valence electrons. The third-order valence-electron chi connectivity index (χ3n) is 5.63. The summed E-state index contributed by atoms with van der Waals surface area (Å²) in [5.74, 6) is 2.09. The lowest BCUT2D eigenvalue weighted by molar-refractivity contribution is 0.188. The van der Waals surface area contributed by atoms with Gasteiger partial charge in [-0.3, -0.25) is 0 Å². The molecule has 2 fully saturated rings. The molecule has 0 heterocycles. The molecule has 0 radical (unpaired) electrons. The molecule has 0 bridgehead atoms. The van der Waals surface area contributed by atoms with E-state index in [9.17, 15) is 0 Å². The van der Waals surface area contributed by atoms with Crippen LogP contribution in [0.1, 0.15) is 104 Å². The van der Waals surface area contributed by atoms with Crippen molar-refractivity contribution in [2.75, 3.05) is 0 Å². The molecule has 0 spiro atoms. The first-order valence-electron chi connectivity index (χ1n) is 9.16. The van der Waals surface area contributed by atoms with Gasteiger partial charge in [0.05, 0.1) is 0 Å². The van der Waals surface area contributed by atoms with Crippen molar-refractivity contribution >= 4 is 0 Å². The smallest absolute Gasteiger partial charge is 0.0349 e. The summed E-state index contributed by atoms with van der Waals surface area (Å²) in [7, 11) is 0. The minimum Gasteiger partial charge on any atom is -0.0599 e. The van der Waals surface area contributed by atoms with Crippen LogP contribution in [0.2, 0.25) is 0 Å².